The van der Waals surface area contributed by atoms with E-state index in [1.54, 1.807) is 0 Å². The smallest absolute Gasteiger partial charge is 0.285 e. The second-order valence-corrected chi connectivity index (χ2v) is 5.91. The molecule has 23 heavy (non-hydrogen) atoms. The average Bonchev–Trinajstić information content (AvgIpc) is 2.58. The lowest BCUT2D eigenvalue weighted by molar-refractivity contribution is 0.0900. The Hall–Kier alpha value is -2.21. The molecular weight excluding hydrogens is 321 g/mol. The summed E-state index contributed by atoms with van der Waals surface area (Å²) in [5, 5.41) is 6.16. The number of rotatable bonds is 3. The van der Waals surface area contributed by atoms with Gasteiger partial charge in [0.15, 0.2) is 5.78 Å². The third-order valence-corrected chi connectivity index (χ3v) is 4.48. The fraction of sp³-hybridized carbons (Fsp3) is 0.312. The highest BCUT2D eigenvalue weighted by molar-refractivity contribution is 6.33. The largest absolute Gasteiger partial charge is 0.369 e. The molecule has 0 radical (unpaired) electrons. The van der Waals surface area contributed by atoms with E-state index in [1.807, 2.05) is 4.90 Å². The van der Waals surface area contributed by atoms with Crippen LogP contribution in [0.1, 0.15) is 23.2 Å². The standard InChI is InChI=1S/C16H15ClFN3O2/c17-14-13(9-19-20-16(14)23)21-7-5-11(6-8-21)15(22)10-1-3-12(18)4-2-10/h1-4,9,11H,5-8H2,(H,20,23). The van der Waals surface area contributed by atoms with Gasteiger partial charge in [-0.05, 0) is 37.1 Å². The van der Waals surface area contributed by atoms with Crippen molar-refractivity contribution in [2.75, 3.05) is 18.0 Å². The maximum Gasteiger partial charge on any atom is 0.285 e. The number of hydrogen-bond acceptors (Lipinski definition) is 4. The van der Waals surface area contributed by atoms with Crippen molar-refractivity contribution in [3.8, 4) is 0 Å². The van der Waals surface area contributed by atoms with E-state index in [0.29, 0.717) is 37.2 Å². The number of aromatic amines is 1. The van der Waals surface area contributed by atoms with Gasteiger partial charge in [0.05, 0.1) is 11.9 Å². The molecule has 0 saturated carbocycles. The number of halogens is 2. The zero-order valence-corrected chi connectivity index (χ0v) is 13.0. The van der Waals surface area contributed by atoms with Crippen molar-refractivity contribution >= 4 is 23.1 Å². The SMILES string of the molecule is O=C(c1ccc(F)cc1)C1CCN(c2cn[nH]c(=O)c2Cl)CC1. The molecule has 7 heteroatoms. The molecule has 5 nitrogen and oxygen atoms in total. The summed E-state index contributed by atoms with van der Waals surface area (Å²) in [6, 6.07) is 5.62. The Morgan fingerprint density at radius 2 is 1.91 bits per heavy atom. The van der Waals surface area contributed by atoms with Gasteiger partial charge in [-0.15, -0.1) is 0 Å². The highest BCUT2D eigenvalue weighted by atomic mass is 35.5. The maximum atomic E-state index is 12.9. The monoisotopic (exact) mass is 335 g/mol. The Morgan fingerprint density at radius 3 is 2.57 bits per heavy atom. The molecule has 1 aliphatic rings. The van der Waals surface area contributed by atoms with Crippen LogP contribution in [-0.4, -0.2) is 29.1 Å². The summed E-state index contributed by atoms with van der Waals surface area (Å²) in [5.74, 6) is -0.432. The number of benzene rings is 1. The summed E-state index contributed by atoms with van der Waals surface area (Å²) in [4.78, 5) is 25.9. The van der Waals surface area contributed by atoms with Gasteiger partial charge in [-0.25, -0.2) is 9.49 Å². The van der Waals surface area contributed by atoms with Crippen LogP contribution in [0.2, 0.25) is 5.02 Å². The Kier molecular flexibility index (Phi) is 4.43. The van der Waals surface area contributed by atoms with Crippen molar-refractivity contribution < 1.29 is 9.18 Å². The van der Waals surface area contributed by atoms with E-state index in [0.717, 1.165) is 0 Å². The molecule has 0 amide bonds. The minimum Gasteiger partial charge on any atom is -0.369 e. The van der Waals surface area contributed by atoms with E-state index in [9.17, 15) is 14.0 Å². The lowest BCUT2D eigenvalue weighted by Crippen LogP contribution is -2.37. The number of aromatic nitrogens is 2. The first kappa shape index (κ1) is 15.7. The molecule has 3 rings (SSSR count). The Morgan fingerprint density at radius 1 is 1.26 bits per heavy atom. The van der Waals surface area contributed by atoms with Crippen LogP contribution in [0.3, 0.4) is 0 Å². The summed E-state index contributed by atoms with van der Waals surface area (Å²) in [6.07, 6.45) is 2.82. The second kappa shape index (κ2) is 6.50. The Balaban J connectivity index is 1.68. The van der Waals surface area contributed by atoms with Crippen LogP contribution in [0.4, 0.5) is 10.1 Å². The average molecular weight is 336 g/mol. The van der Waals surface area contributed by atoms with Crippen LogP contribution in [0.25, 0.3) is 0 Å². The van der Waals surface area contributed by atoms with Crippen LogP contribution < -0.4 is 10.5 Å². The van der Waals surface area contributed by atoms with E-state index in [2.05, 4.69) is 10.2 Å². The van der Waals surface area contributed by atoms with Crippen LogP contribution in [0, 0.1) is 11.7 Å². The van der Waals surface area contributed by atoms with Crippen LogP contribution in [-0.2, 0) is 0 Å². The molecule has 1 N–H and O–H groups in total. The topological polar surface area (TPSA) is 66.1 Å². The van der Waals surface area contributed by atoms with Crippen LogP contribution in [0.5, 0.6) is 0 Å². The van der Waals surface area contributed by atoms with E-state index >= 15 is 0 Å². The summed E-state index contributed by atoms with van der Waals surface area (Å²) in [6.45, 7) is 1.23. The van der Waals surface area contributed by atoms with E-state index in [4.69, 9.17) is 11.6 Å². The van der Waals surface area contributed by atoms with Crippen molar-refractivity contribution in [1.82, 2.24) is 10.2 Å². The normalized spacial score (nSPS) is 15.7. The van der Waals surface area contributed by atoms with Gasteiger partial charge in [0.2, 0.25) is 0 Å². The fourth-order valence-corrected chi connectivity index (χ4v) is 3.04. The Bertz CT molecular complexity index is 768. The third-order valence-electron chi connectivity index (χ3n) is 4.11. The first-order valence-electron chi connectivity index (χ1n) is 7.34. The number of carbonyl (C=O) groups excluding carboxylic acids is 1. The van der Waals surface area contributed by atoms with Gasteiger partial charge in [0, 0.05) is 24.6 Å². The van der Waals surface area contributed by atoms with E-state index in [-0.39, 0.29) is 22.5 Å². The van der Waals surface area contributed by atoms with Gasteiger partial charge in [-0.2, -0.15) is 5.10 Å². The van der Waals surface area contributed by atoms with Gasteiger partial charge in [-0.3, -0.25) is 9.59 Å². The number of hydrogen-bond donors (Lipinski definition) is 1. The van der Waals surface area contributed by atoms with Crippen molar-refractivity contribution in [3.05, 3.63) is 57.2 Å². The van der Waals surface area contributed by atoms with Gasteiger partial charge in [0.25, 0.3) is 5.56 Å². The number of ketones is 1. The summed E-state index contributed by atoms with van der Waals surface area (Å²) < 4.78 is 12.9. The Labute approximate surface area is 137 Å². The number of carbonyl (C=O) groups is 1. The van der Waals surface area contributed by atoms with Crippen molar-refractivity contribution in [2.45, 2.75) is 12.8 Å². The summed E-state index contributed by atoms with van der Waals surface area (Å²) >= 11 is 6.01. The molecule has 0 aliphatic carbocycles. The molecule has 0 bridgehead atoms. The van der Waals surface area contributed by atoms with E-state index < -0.39 is 5.56 Å². The molecule has 0 atom stereocenters. The van der Waals surface area contributed by atoms with E-state index in [1.165, 1.54) is 30.5 Å². The lowest BCUT2D eigenvalue weighted by atomic mass is 9.89. The number of anilines is 1. The lowest BCUT2D eigenvalue weighted by Gasteiger charge is -2.33. The molecule has 1 aliphatic heterocycles. The molecule has 120 valence electrons. The number of H-pyrrole nitrogens is 1. The van der Waals surface area contributed by atoms with Gasteiger partial charge in [-0.1, -0.05) is 11.6 Å². The molecule has 2 aromatic rings. The van der Waals surface area contributed by atoms with Crippen molar-refractivity contribution in [2.24, 2.45) is 5.92 Å². The summed E-state index contributed by atoms with van der Waals surface area (Å²) in [7, 11) is 0. The van der Waals surface area contributed by atoms with Crippen LogP contribution in [0.15, 0.2) is 35.3 Å². The molecule has 0 spiro atoms. The van der Waals surface area contributed by atoms with Crippen molar-refractivity contribution in [3.63, 3.8) is 0 Å². The number of nitrogens with zero attached hydrogens (tertiary/aromatic N) is 2. The second-order valence-electron chi connectivity index (χ2n) is 5.53. The molecular formula is C16H15ClFN3O2. The fourth-order valence-electron chi connectivity index (χ4n) is 2.83. The highest BCUT2D eigenvalue weighted by Crippen LogP contribution is 2.28. The zero-order valence-electron chi connectivity index (χ0n) is 12.3. The van der Waals surface area contributed by atoms with Crippen LogP contribution >= 0.6 is 11.6 Å². The molecule has 1 saturated heterocycles. The minimum atomic E-state index is -0.423. The number of piperidine rings is 1. The molecule has 1 aromatic heterocycles. The predicted octanol–water partition coefficient (Wildman–Crippen LogP) is 2.66. The number of Topliss-reactive ketones (excluding diaryl/α,β-unsaturated/α-hetero) is 1. The highest BCUT2D eigenvalue weighted by Gasteiger charge is 2.27. The first-order valence-corrected chi connectivity index (χ1v) is 7.72. The maximum absolute atomic E-state index is 12.9. The minimum absolute atomic E-state index is 0.0276. The third kappa shape index (κ3) is 3.27. The molecule has 1 fully saturated rings. The zero-order chi connectivity index (χ0) is 16.4. The molecule has 2 heterocycles. The number of nitrogens with one attached hydrogen (secondary N) is 1. The predicted molar refractivity (Wildman–Crippen MR) is 85.5 cm³/mol. The molecule has 1 aromatic carbocycles. The van der Waals surface area contributed by atoms with Gasteiger partial charge < -0.3 is 4.90 Å². The van der Waals surface area contributed by atoms with Gasteiger partial charge in [0.1, 0.15) is 10.8 Å². The van der Waals surface area contributed by atoms with Crippen molar-refractivity contribution in [1.29, 1.82) is 0 Å². The van der Waals surface area contributed by atoms with Gasteiger partial charge >= 0.3 is 0 Å². The summed E-state index contributed by atoms with van der Waals surface area (Å²) in [5.41, 5.74) is 0.692. The molecule has 0 unspecified atom stereocenters. The first-order chi connectivity index (χ1) is 11.1. The quantitative estimate of drug-likeness (QED) is 0.876.